The molecule has 0 aromatic carbocycles. The third-order valence-corrected chi connectivity index (χ3v) is 4.06. The largest absolute Gasteiger partial charge is 0.344 e. The quantitative estimate of drug-likeness (QED) is 0.902. The number of H-pyrrole nitrogens is 1. The predicted octanol–water partition coefficient (Wildman–Crippen LogP) is 1.90. The number of aromatic nitrogens is 4. The van der Waals surface area contributed by atoms with Gasteiger partial charge in [0.1, 0.15) is 5.69 Å². The molecule has 112 valence electrons. The smallest absolute Gasteiger partial charge is 0.272 e. The minimum atomic E-state index is -0.115. The van der Waals surface area contributed by atoms with E-state index in [1.807, 2.05) is 24.0 Å². The Morgan fingerprint density at radius 3 is 3.24 bits per heavy atom. The van der Waals surface area contributed by atoms with Crippen molar-refractivity contribution < 1.29 is 4.79 Å². The summed E-state index contributed by atoms with van der Waals surface area (Å²) in [7, 11) is 1.95. The molecule has 0 unspecified atom stereocenters. The Labute approximate surface area is 123 Å². The first kappa shape index (κ1) is 13.9. The van der Waals surface area contributed by atoms with Gasteiger partial charge in [-0.3, -0.25) is 14.6 Å². The Morgan fingerprint density at radius 2 is 2.43 bits per heavy atom. The molecule has 2 N–H and O–H groups in total. The van der Waals surface area contributed by atoms with Crippen LogP contribution < -0.4 is 5.32 Å². The fraction of sp³-hybridized carbons (Fsp3) is 0.533. The number of hydrogen-bond donors (Lipinski definition) is 2. The third kappa shape index (κ3) is 2.70. The number of nitrogens with one attached hydrogen (secondary N) is 2. The lowest BCUT2D eigenvalue weighted by atomic mass is 9.93. The molecule has 0 radical (unpaired) electrons. The Balaban J connectivity index is 1.73. The maximum atomic E-state index is 12.3. The first-order chi connectivity index (χ1) is 10.2. The Kier molecular flexibility index (Phi) is 3.77. The van der Waals surface area contributed by atoms with Crippen molar-refractivity contribution in [3.8, 4) is 0 Å². The van der Waals surface area contributed by atoms with Crippen molar-refractivity contribution in [2.24, 2.45) is 7.05 Å². The molecule has 2 aromatic heterocycles. The van der Waals surface area contributed by atoms with Crippen LogP contribution in [0.4, 0.5) is 0 Å². The number of nitrogens with zero attached hydrogens (tertiary/aromatic N) is 3. The highest BCUT2D eigenvalue weighted by molar-refractivity contribution is 5.92. The van der Waals surface area contributed by atoms with E-state index in [4.69, 9.17) is 0 Å². The third-order valence-electron chi connectivity index (χ3n) is 4.06. The van der Waals surface area contributed by atoms with Gasteiger partial charge in [0.25, 0.3) is 5.91 Å². The Morgan fingerprint density at radius 1 is 1.57 bits per heavy atom. The lowest BCUT2D eigenvalue weighted by molar-refractivity contribution is 0.0927. The van der Waals surface area contributed by atoms with E-state index in [1.165, 1.54) is 5.69 Å². The van der Waals surface area contributed by atoms with E-state index in [2.05, 4.69) is 27.5 Å². The van der Waals surface area contributed by atoms with Gasteiger partial charge in [0.2, 0.25) is 0 Å². The summed E-state index contributed by atoms with van der Waals surface area (Å²) in [6, 6.07) is 1.88. The lowest BCUT2D eigenvalue weighted by Gasteiger charge is -2.23. The van der Waals surface area contributed by atoms with Gasteiger partial charge in [0.05, 0.1) is 12.2 Å². The highest BCUT2D eigenvalue weighted by Gasteiger charge is 2.25. The van der Waals surface area contributed by atoms with Crippen molar-refractivity contribution in [1.29, 1.82) is 0 Å². The zero-order chi connectivity index (χ0) is 14.8. The fourth-order valence-corrected chi connectivity index (χ4v) is 2.96. The molecule has 6 nitrogen and oxygen atoms in total. The van der Waals surface area contributed by atoms with Crippen LogP contribution >= 0.6 is 0 Å². The van der Waals surface area contributed by atoms with Crippen molar-refractivity contribution in [2.45, 2.75) is 45.1 Å². The zero-order valence-electron chi connectivity index (χ0n) is 12.5. The normalized spacial score (nSPS) is 17.5. The molecule has 6 heteroatoms. The van der Waals surface area contributed by atoms with Crippen LogP contribution in [-0.4, -0.2) is 25.9 Å². The van der Waals surface area contributed by atoms with Gasteiger partial charge in [0.15, 0.2) is 0 Å². The van der Waals surface area contributed by atoms with Gasteiger partial charge < -0.3 is 5.32 Å². The number of carbonyl (C=O) groups excluding carboxylic acids is 1. The molecular weight excluding hydrogens is 266 g/mol. The van der Waals surface area contributed by atoms with Crippen molar-refractivity contribution in [1.82, 2.24) is 25.3 Å². The summed E-state index contributed by atoms with van der Waals surface area (Å²) in [5, 5.41) is 14.4. The minimum absolute atomic E-state index is 0.0428. The van der Waals surface area contributed by atoms with E-state index in [0.29, 0.717) is 5.69 Å². The molecule has 1 atom stereocenters. The fourth-order valence-electron chi connectivity index (χ4n) is 2.96. The summed E-state index contributed by atoms with van der Waals surface area (Å²) < 4.78 is 1.90. The zero-order valence-corrected chi connectivity index (χ0v) is 12.5. The summed E-state index contributed by atoms with van der Waals surface area (Å²) in [6.45, 7) is 2.10. The van der Waals surface area contributed by atoms with Gasteiger partial charge >= 0.3 is 0 Å². The Hall–Kier alpha value is -2.11. The van der Waals surface area contributed by atoms with E-state index in [-0.39, 0.29) is 11.9 Å². The van der Waals surface area contributed by atoms with Gasteiger partial charge in [-0.1, -0.05) is 13.3 Å². The monoisotopic (exact) mass is 287 g/mol. The molecule has 1 aliphatic rings. The molecule has 2 heterocycles. The van der Waals surface area contributed by atoms with Crippen molar-refractivity contribution in [3.63, 3.8) is 0 Å². The topological polar surface area (TPSA) is 75.6 Å². The lowest BCUT2D eigenvalue weighted by Crippen LogP contribution is -2.31. The maximum absolute atomic E-state index is 12.3. The molecule has 0 spiro atoms. The van der Waals surface area contributed by atoms with Crippen LogP contribution in [0.3, 0.4) is 0 Å². The van der Waals surface area contributed by atoms with Gasteiger partial charge in [-0.25, -0.2) is 0 Å². The van der Waals surface area contributed by atoms with Crippen LogP contribution in [0.2, 0.25) is 0 Å². The van der Waals surface area contributed by atoms with Gasteiger partial charge in [-0.05, 0) is 31.7 Å². The second-order valence-corrected chi connectivity index (χ2v) is 5.62. The molecule has 1 amide bonds. The van der Waals surface area contributed by atoms with Crippen LogP contribution in [0, 0.1) is 0 Å². The number of fused-ring (bicyclic) bond motifs is 1. The van der Waals surface area contributed by atoms with Gasteiger partial charge in [-0.15, -0.1) is 0 Å². The summed E-state index contributed by atoms with van der Waals surface area (Å²) in [4.78, 5) is 12.3. The van der Waals surface area contributed by atoms with E-state index >= 15 is 0 Å². The minimum Gasteiger partial charge on any atom is -0.344 e. The molecule has 0 aliphatic heterocycles. The number of rotatable bonds is 4. The van der Waals surface area contributed by atoms with E-state index in [9.17, 15) is 4.79 Å². The summed E-state index contributed by atoms with van der Waals surface area (Å²) in [6.07, 6.45) is 6.87. The molecule has 0 saturated heterocycles. The number of amides is 1. The SMILES string of the molecule is CCCc1cc(C(=O)N[C@H]2CCCc3c2cnn3C)n[nH]1. The number of hydrogen-bond acceptors (Lipinski definition) is 3. The summed E-state index contributed by atoms with van der Waals surface area (Å²) >= 11 is 0. The van der Waals surface area contributed by atoms with Crippen molar-refractivity contribution >= 4 is 5.91 Å². The highest BCUT2D eigenvalue weighted by Crippen LogP contribution is 2.29. The van der Waals surface area contributed by atoms with E-state index in [1.54, 1.807) is 0 Å². The molecule has 21 heavy (non-hydrogen) atoms. The second-order valence-electron chi connectivity index (χ2n) is 5.62. The van der Waals surface area contributed by atoms with Crippen LogP contribution in [0.5, 0.6) is 0 Å². The van der Waals surface area contributed by atoms with Crippen LogP contribution in [0.25, 0.3) is 0 Å². The first-order valence-corrected chi connectivity index (χ1v) is 7.55. The van der Waals surface area contributed by atoms with E-state index in [0.717, 1.165) is 43.4 Å². The highest BCUT2D eigenvalue weighted by atomic mass is 16.2. The molecule has 3 rings (SSSR count). The average Bonchev–Trinajstić information content (AvgIpc) is 3.08. The molecular formula is C15H21N5O. The summed E-state index contributed by atoms with van der Waals surface area (Å²) in [5.41, 5.74) is 3.84. The summed E-state index contributed by atoms with van der Waals surface area (Å²) in [5.74, 6) is -0.115. The molecule has 0 fully saturated rings. The molecule has 0 saturated carbocycles. The standard InChI is InChI=1S/C15H21N5O/c1-3-5-10-8-13(19-18-10)15(21)17-12-6-4-7-14-11(12)9-16-20(14)2/h8-9,12H,3-7H2,1-2H3,(H,17,21)(H,18,19)/t12-/m0/s1. The van der Waals surface area contributed by atoms with Crippen molar-refractivity contribution in [2.75, 3.05) is 0 Å². The van der Waals surface area contributed by atoms with Gasteiger partial charge in [-0.2, -0.15) is 10.2 Å². The maximum Gasteiger partial charge on any atom is 0.272 e. The first-order valence-electron chi connectivity index (χ1n) is 7.55. The number of carbonyl (C=O) groups is 1. The van der Waals surface area contributed by atoms with Gasteiger partial charge in [0, 0.05) is 24.0 Å². The molecule has 1 aliphatic carbocycles. The predicted molar refractivity (Wildman–Crippen MR) is 78.9 cm³/mol. The second kappa shape index (κ2) is 5.71. The number of aromatic amines is 1. The molecule has 0 bridgehead atoms. The average molecular weight is 287 g/mol. The Bertz CT molecular complexity index is 642. The van der Waals surface area contributed by atoms with Crippen LogP contribution in [0.15, 0.2) is 12.3 Å². The van der Waals surface area contributed by atoms with Crippen LogP contribution in [0.1, 0.15) is 59.7 Å². The van der Waals surface area contributed by atoms with Crippen LogP contribution in [-0.2, 0) is 19.9 Å². The van der Waals surface area contributed by atoms with E-state index < -0.39 is 0 Å². The number of aryl methyl sites for hydroxylation is 2. The van der Waals surface area contributed by atoms with Crippen molar-refractivity contribution in [3.05, 3.63) is 34.9 Å². The molecule has 2 aromatic rings.